The van der Waals surface area contributed by atoms with Crippen molar-refractivity contribution in [1.29, 1.82) is 0 Å². The Labute approximate surface area is 105 Å². The summed E-state index contributed by atoms with van der Waals surface area (Å²) in [7, 11) is 0. The van der Waals surface area contributed by atoms with Crippen LogP contribution in [0.1, 0.15) is 12.6 Å². The molecule has 0 saturated heterocycles. The number of benzene rings is 1. The molecule has 0 N–H and O–H groups in total. The van der Waals surface area contributed by atoms with Crippen LogP contribution in [-0.4, -0.2) is 14.4 Å². The van der Waals surface area contributed by atoms with Crippen LogP contribution in [0.15, 0.2) is 48.9 Å². The Hall–Kier alpha value is -2.60. The Bertz CT molecular complexity index is 745. The summed E-state index contributed by atoms with van der Waals surface area (Å²) in [6.07, 6.45) is 5.50. The maximum Gasteiger partial charge on any atom is 0.156 e. The Balaban J connectivity index is 2.20. The standard InChI is InChI=1S/C15H11N3/c1-2-6-13-9-17-15-10-16-14(11-18(13)15)12-7-4-3-5-8-12/h3-5,7-11H,1H3. The largest absolute Gasteiger partial charge is 0.290 e. The van der Waals surface area contributed by atoms with Gasteiger partial charge in [-0.3, -0.25) is 9.38 Å². The highest BCUT2D eigenvalue weighted by Gasteiger charge is 2.04. The molecule has 0 atom stereocenters. The Morgan fingerprint density at radius 2 is 1.89 bits per heavy atom. The molecular weight excluding hydrogens is 222 g/mol. The van der Waals surface area contributed by atoms with Crippen molar-refractivity contribution in [1.82, 2.24) is 14.4 Å². The summed E-state index contributed by atoms with van der Waals surface area (Å²) < 4.78 is 1.96. The van der Waals surface area contributed by atoms with Gasteiger partial charge in [0.1, 0.15) is 5.69 Å². The average Bonchev–Trinajstić information content (AvgIpc) is 2.83. The molecule has 0 saturated carbocycles. The lowest BCUT2D eigenvalue weighted by Crippen LogP contribution is -1.92. The van der Waals surface area contributed by atoms with Crippen LogP contribution in [0, 0.1) is 11.8 Å². The normalized spacial score (nSPS) is 10.1. The van der Waals surface area contributed by atoms with Crippen molar-refractivity contribution < 1.29 is 0 Å². The van der Waals surface area contributed by atoms with Crippen LogP contribution in [0.25, 0.3) is 16.9 Å². The highest BCUT2D eigenvalue weighted by Crippen LogP contribution is 2.17. The van der Waals surface area contributed by atoms with Gasteiger partial charge in [0, 0.05) is 11.8 Å². The quantitative estimate of drug-likeness (QED) is 0.605. The molecule has 0 aliphatic heterocycles. The molecule has 0 aliphatic carbocycles. The third-order valence-corrected chi connectivity index (χ3v) is 2.72. The van der Waals surface area contributed by atoms with E-state index in [1.165, 1.54) is 0 Å². The van der Waals surface area contributed by atoms with Crippen LogP contribution in [0.2, 0.25) is 0 Å². The molecule has 3 nitrogen and oxygen atoms in total. The van der Waals surface area contributed by atoms with Gasteiger partial charge < -0.3 is 0 Å². The summed E-state index contributed by atoms with van der Waals surface area (Å²) in [5.41, 5.74) is 3.70. The molecule has 0 spiro atoms. The van der Waals surface area contributed by atoms with Gasteiger partial charge in [0.15, 0.2) is 5.65 Å². The molecule has 1 aromatic carbocycles. The van der Waals surface area contributed by atoms with Crippen molar-refractivity contribution in [2.45, 2.75) is 6.92 Å². The van der Waals surface area contributed by atoms with Gasteiger partial charge in [-0.05, 0) is 12.8 Å². The van der Waals surface area contributed by atoms with E-state index >= 15 is 0 Å². The smallest absolute Gasteiger partial charge is 0.156 e. The molecule has 2 heterocycles. The molecule has 0 amide bonds. The maximum atomic E-state index is 4.42. The molecule has 3 aromatic rings. The highest BCUT2D eigenvalue weighted by molar-refractivity contribution is 5.60. The molecule has 2 aromatic heterocycles. The number of nitrogens with zero attached hydrogens (tertiary/aromatic N) is 3. The summed E-state index contributed by atoms with van der Waals surface area (Å²) in [6.45, 7) is 1.82. The number of fused-ring (bicyclic) bond motifs is 1. The second-order valence-corrected chi connectivity index (χ2v) is 3.89. The average molecular weight is 233 g/mol. The lowest BCUT2D eigenvalue weighted by atomic mass is 10.2. The number of hydrogen-bond acceptors (Lipinski definition) is 2. The molecular formula is C15H11N3. The van der Waals surface area contributed by atoms with Crippen molar-refractivity contribution >= 4 is 5.65 Å². The van der Waals surface area contributed by atoms with Gasteiger partial charge in [0.2, 0.25) is 0 Å². The van der Waals surface area contributed by atoms with Crippen molar-refractivity contribution in [3.63, 3.8) is 0 Å². The zero-order valence-corrected chi connectivity index (χ0v) is 9.96. The number of hydrogen-bond donors (Lipinski definition) is 0. The minimum absolute atomic E-state index is 0.812. The summed E-state index contributed by atoms with van der Waals surface area (Å²) in [5.74, 6) is 5.92. The second kappa shape index (κ2) is 4.34. The Morgan fingerprint density at radius 1 is 1.06 bits per heavy atom. The summed E-state index contributed by atoms with van der Waals surface area (Å²) >= 11 is 0. The fraction of sp³-hybridized carbons (Fsp3) is 0.0667. The Morgan fingerprint density at radius 3 is 2.67 bits per heavy atom. The van der Waals surface area contributed by atoms with Crippen LogP contribution in [0.4, 0.5) is 0 Å². The van der Waals surface area contributed by atoms with E-state index in [1.54, 1.807) is 12.4 Å². The molecule has 18 heavy (non-hydrogen) atoms. The second-order valence-electron chi connectivity index (χ2n) is 3.89. The monoisotopic (exact) mass is 233 g/mol. The molecule has 0 radical (unpaired) electrons. The first kappa shape index (κ1) is 10.5. The van der Waals surface area contributed by atoms with Gasteiger partial charge in [-0.15, -0.1) is 0 Å². The van der Waals surface area contributed by atoms with E-state index in [9.17, 15) is 0 Å². The summed E-state index contributed by atoms with van der Waals surface area (Å²) in [6, 6.07) is 10.1. The van der Waals surface area contributed by atoms with Crippen LogP contribution in [0.5, 0.6) is 0 Å². The van der Waals surface area contributed by atoms with E-state index in [4.69, 9.17) is 0 Å². The van der Waals surface area contributed by atoms with Gasteiger partial charge in [0.05, 0.1) is 18.1 Å². The van der Waals surface area contributed by atoms with E-state index in [0.717, 1.165) is 22.6 Å². The van der Waals surface area contributed by atoms with Gasteiger partial charge in [-0.2, -0.15) is 0 Å². The highest BCUT2D eigenvalue weighted by atomic mass is 15.0. The Kier molecular flexibility index (Phi) is 2.54. The zero-order chi connectivity index (χ0) is 12.4. The van der Waals surface area contributed by atoms with Gasteiger partial charge in [0.25, 0.3) is 0 Å². The van der Waals surface area contributed by atoms with Crippen molar-refractivity contribution in [3.8, 4) is 23.1 Å². The van der Waals surface area contributed by atoms with Crippen molar-refractivity contribution in [3.05, 3.63) is 54.6 Å². The topological polar surface area (TPSA) is 30.2 Å². The van der Waals surface area contributed by atoms with E-state index in [1.807, 2.05) is 47.9 Å². The third kappa shape index (κ3) is 1.74. The zero-order valence-electron chi connectivity index (χ0n) is 9.96. The first-order valence-corrected chi connectivity index (χ1v) is 5.70. The summed E-state index contributed by atoms with van der Waals surface area (Å²) in [5, 5.41) is 0. The first-order chi connectivity index (χ1) is 8.88. The third-order valence-electron chi connectivity index (χ3n) is 2.72. The SMILES string of the molecule is CC#Cc1cnc2cnc(-c3ccccc3)cn12. The number of imidazole rings is 1. The van der Waals surface area contributed by atoms with E-state index in [-0.39, 0.29) is 0 Å². The minimum atomic E-state index is 0.812. The lowest BCUT2D eigenvalue weighted by molar-refractivity contribution is 1.12. The van der Waals surface area contributed by atoms with Gasteiger partial charge in [-0.1, -0.05) is 36.3 Å². The molecule has 0 unspecified atom stereocenters. The van der Waals surface area contributed by atoms with Crippen LogP contribution in [-0.2, 0) is 0 Å². The van der Waals surface area contributed by atoms with Crippen LogP contribution < -0.4 is 0 Å². The van der Waals surface area contributed by atoms with E-state index in [2.05, 4.69) is 21.8 Å². The number of aromatic nitrogens is 3. The van der Waals surface area contributed by atoms with Crippen LogP contribution >= 0.6 is 0 Å². The molecule has 3 heteroatoms. The predicted molar refractivity (Wildman–Crippen MR) is 71.0 cm³/mol. The van der Waals surface area contributed by atoms with Crippen molar-refractivity contribution in [2.24, 2.45) is 0 Å². The van der Waals surface area contributed by atoms with E-state index < -0.39 is 0 Å². The predicted octanol–water partition coefficient (Wildman–Crippen LogP) is 2.77. The molecule has 3 rings (SSSR count). The molecule has 86 valence electrons. The molecule has 0 aliphatic rings. The molecule has 0 fully saturated rings. The minimum Gasteiger partial charge on any atom is -0.290 e. The van der Waals surface area contributed by atoms with Gasteiger partial charge in [-0.25, -0.2) is 4.98 Å². The number of rotatable bonds is 1. The summed E-state index contributed by atoms with van der Waals surface area (Å²) in [4.78, 5) is 8.69. The maximum absolute atomic E-state index is 4.42. The molecule has 0 bridgehead atoms. The van der Waals surface area contributed by atoms with Crippen molar-refractivity contribution in [2.75, 3.05) is 0 Å². The van der Waals surface area contributed by atoms with Gasteiger partial charge >= 0.3 is 0 Å². The fourth-order valence-electron chi connectivity index (χ4n) is 1.87. The fourth-order valence-corrected chi connectivity index (χ4v) is 1.87. The lowest BCUT2D eigenvalue weighted by Gasteiger charge is -2.02. The first-order valence-electron chi connectivity index (χ1n) is 5.70. The van der Waals surface area contributed by atoms with Crippen LogP contribution in [0.3, 0.4) is 0 Å². The van der Waals surface area contributed by atoms with E-state index in [0.29, 0.717) is 0 Å².